The third kappa shape index (κ3) is 4.03. The number of para-hydroxylation sites is 1. The smallest absolute Gasteiger partial charge is 0.387 e. The topological polar surface area (TPSA) is 38.3 Å². The highest BCUT2D eigenvalue weighted by Gasteiger charge is 2.14. The highest BCUT2D eigenvalue weighted by molar-refractivity contribution is 7.09. The molecule has 1 aromatic heterocycles. The van der Waals surface area contributed by atoms with Gasteiger partial charge < -0.3 is 10.1 Å². The Morgan fingerprint density at radius 1 is 1.25 bits per heavy atom. The predicted octanol–water partition coefficient (Wildman–Crippen LogP) is 3.32. The lowest BCUT2D eigenvalue weighted by molar-refractivity contribution is -0.0501. The summed E-state index contributed by atoms with van der Waals surface area (Å²) in [5.41, 5.74) is 0.110. The van der Waals surface area contributed by atoms with Gasteiger partial charge in [0.05, 0.1) is 5.56 Å². The number of hydrogen-bond acceptors (Lipinski definition) is 3. The standard InChI is InChI=1S/C14H13F2NO2S/c15-14(16)19-12-6-2-1-5-11(12)13(18)17-8-7-10-4-3-9-20-10/h1-6,9,14H,7-8H2,(H,17,18). The van der Waals surface area contributed by atoms with Gasteiger partial charge in [-0.3, -0.25) is 4.79 Å². The van der Waals surface area contributed by atoms with Crippen molar-refractivity contribution in [1.29, 1.82) is 0 Å². The van der Waals surface area contributed by atoms with Crippen LogP contribution in [0.4, 0.5) is 8.78 Å². The Hall–Kier alpha value is -1.95. The minimum atomic E-state index is -2.95. The van der Waals surface area contributed by atoms with Crippen molar-refractivity contribution in [3.8, 4) is 5.75 Å². The van der Waals surface area contributed by atoms with Crippen molar-refractivity contribution in [3.63, 3.8) is 0 Å². The molecule has 20 heavy (non-hydrogen) atoms. The summed E-state index contributed by atoms with van der Waals surface area (Å²) >= 11 is 1.61. The van der Waals surface area contributed by atoms with Gasteiger partial charge in [-0.25, -0.2) is 0 Å². The number of thiophene rings is 1. The molecule has 0 aliphatic rings. The van der Waals surface area contributed by atoms with Gasteiger partial charge >= 0.3 is 6.61 Å². The van der Waals surface area contributed by atoms with Gasteiger partial charge in [-0.1, -0.05) is 18.2 Å². The summed E-state index contributed by atoms with van der Waals surface area (Å²) in [6.07, 6.45) is 0.710. The molecule has 0 saturated heterocycles. The van der Waals surface area contributed by atoms with Gasteiger partial charge in [0.15, 0.2) is 0 Å². The molecule has 0 spiro atoms. The van der Waals surface area contributed by atoms with E-state index in [2.05, 4.69) is 10.1 Å². The van der Waals surface area contributed by atoms with E-state index in [0.29, 0.717) is 13.0 Å². The Labute approximate surface area is 119 Å². The van der Waals surface area contributed by atoms with Gasteiger partial charge in [0.2, 0.25) is 0 Å². The average molecular weight is 297 g/mol. The molecule has 6 heteroatoms. The highest BCUT2D eigenvalue weighted by Crippen LogP contribution is 2.20. The number of hydrogen-bond donors (Lipinski definition) is 1. The Morgan fingerprint density at radius 2 is 2.05 bits per heavy atom. The summed E-state index contributed by atoms with van der Waals surface area (Å²) in [7, 11) is 0. The van der Waals surface area contributed by atoms with Crippen molar-refractivity contribution >= 4 is 17.2 Å². The molecule has 1 N–H and O–H groups in total. The first-order chi connectivity index (χ1) is 9.66. The van der Waals surface area contributed by atoms with Crippen LogP contribution in [0.25, 0.3) is 0 Å². The lowest BCUT2D eigenvalue weighted by Crippen LogP contribution is -2.26. The number of nitrogens with one attached hydrogen (secondary N) is 1. The molecule has 0 aliphatic heterocycles. The van der Waals surface area contributed by atoms with Crippen LogP contribution in [0.1, 0.15) is 15.2 Å². The second-order valence-electron chi connectivity index (χ2n) is 3.96. The number of carbonyl (C=O) groups excluding carboxylic acids is 1. The van der Waals surface area contributed by atoms with E-state index in [4.69, 9.17) is 0 Å². The van der Waals surface area contributed by atoms with E-state index in [-0.39, 0.29) is 11.3 Å². The highest BCUT2D eigenvalue weighted by atomic mass is 32.1. The maximum absolute atomic E-state index is 12.2. The van der Waals surface area contributed by atoms with Crippen LogP contribution in [-0.2, 0) is 6.42 Å². The van der Waals surface area contributed by atoms with Crippen LogP contribution >= 0.6 is 11.3 Å². The Kier molecular flexibility index (Phi) is 5.06. The minimum absolute atomic E-state index is 0.110. The first kappa shape index (κ1) is 14.5. The van der Waals surface area contributed by atoms with Gasteiger partial charge in [0, 0.05) is 11.4 Å². The fourth-order valence-electron chi connectivity index (χ4n) is 1.70. The van der Waals surface area contributed by atoms with E-state index in [1.165, 1.54) is 12.1 Å². The van der Waals surface area contributed by atoms with Crippen molar-refractivity contribution in [2.45, 2.75) is 13.0 Å². The van der Waals surface area contributed by atoms with Crippen molar-refractivity contribution in [2.75, 3.05) is 6.54 Å². The summed E-state index contributed by atoms with van der Waals surface area (Å²) < 4.78 is 28.8. The molecule has 106 valence electrons. The number of carbonyl (C=O) groups is 1. The lowest BCUT2D eigenvalue weighted by atomic mass is 10.2. The van der Waals surface area contributed by atoms with E-state index in [0.717, 1.165) is 4.88 Å². The molecule has 1 amide bonds. The first-order valence-electron chi connectivity index (χ1n) is 6.01. The normalized spacial score (nSPS) is 10.6. The van der Waals surface area contributed by atoms with Crippen LogP contribution in [0, 0.1) is 0 Å². The van der Waals surface area contributed by atoms with Gasteiger partial charge in [-0.15, -0.1) is 11.3 Å². The Bertz CT molecular complexity index is 558. The van der Waals surface area contributed by atoms with E-state index < -0.39 is 12.5 Å². The minimum Gasteiger partial charge on any atom is -0.434 e. The number of amides is 1. The monoisotopic (exact) mass is 297 g/mol. The second kappa shape index (κ2) is 7.00. The summed E-state index contributed by atoms with van der Waals surface area (Å²) in [5, 5.41) is 4.65. The van der Waals surface area contributed by atoms with Crippen molar-refractivity contribution < 1.29 is 18.3 Å². The molecule has 3 nitrogen and oxygen atoms in total. The zero-order valence-corrected chi connectivity index (χ0v) is 11.3. The van der Waals surface area contributed by atoms with Crippen molar-refractivity contribution in [3.05, 3.63) is 52.2 Å². The van der Waals surface area contributed by atoms with Crippen LogP contribution in [0.3, 0.4) is 0 Å². The predicted molar refractivity (Wildman–Crippen MR) is 73.4 cm³/mol. The first-order valence-corrected chi connectivity index (χ1v) is 6.89. The molecule has 2 rings (SSSR count). The van der Waals surface area contributed by atoms with Gasteiger partial charge in [-0.2, -0.15) is 8.78 Å². The lowest BCUT2D eigenvalue weighted by Gasteiger charge is -2.10. The molecule has 0 atom stereocenters. The number of halogens is 2. The SMILES string of the molecule is O=C(NCCc1cccs1)c1ccccc1OC(F)F. The molecule has 0 saturated carbocycles. The second-order valence-corrected chi connectivity index (χ2v) is 4.99. The zero-order valence-electron chi connectivity index (χ0n) is 10.5. The fraction of sp³-hybridized carbons (Fsp3) is 0.214. The summed E-state index contributed by atoms with van der Waals surface area (Å²) in [4.78, 5) is 13.1. The average Bonchev–Trinajstić information content (AvgIpc) is 2.91. The number of ether oxygens (including phenoxy) is 1. The number of rotatable bonds is 6. The molecule has 0 radical (unpaired) electrons. The summed E-state index contributed by atoms with van der Waals surface area (Å²) in [6.45, 7) is -2.50. The van der Waals surface area contributed by atoms with E-state index >= 15 is 0 Å². The Morgan fingerprint density at radius 3 is 2.75 bits per heavy atom. The molecule has 0 bridgehead atoms. The molecular weight excluding hydrogens is 284 g/mol. The molecule has 1 aromatic carbocycles. The molecule has 2 aromatic rings. The largest absolute Gasteiger partial charge is 0.434 e. The van der Waals surface area contributed by atoms with Crippen LogP contribution < -0.4 is 10.1 Å². The van der Waals surface area contributed by atoms with Gasteiger partial charge in [0.1, 0.15) is 5.75 Å². The van der Waals surface area contributed by atoms with Gasteiger partial charge in [-0.05, 0) is 30.0 Å². The number of benzene rings is 1. The molecule has 0 unspecified atom stereocenters. The van der Waals surface area contributed by atoms with Gasteiger partial charge in [0.25, 0.3) is 5.91 Å². The quantitative estimate of drug-likeness (QED) is 0.888. The van der Waals surface area contributed by atoms with Crippen LogP contribution in [0.5, 0.6) is 5.75 Å². The maximum Gasteiger partial charge on any atom is 0.387 e. The van der Waals surface area contributed by atoms with E-state index in [1.807, 2.05) is 17.5 Å². The molecular formula is C14H13F2NO2S. The van der Waals surface area contributed by atoms with Crippen molar-refractivity contribution in [1.82, 2.24) is 5.32 Å². The van der Waals surface area contributed by atoms with E-state index in [1.54, 1.807) is 23.5 Å². The third-order valence-corrected chi connectivity index (χ3v) is 3.52. The van der Waals surface area contributed by atoms with Crippen molar-refractivity contribution in [2.24, 2.45) is 0 Å². The van der Waals surface area contributed by atoms with Crippen LogP contribution in [-0.4, -0.2) is 19.1 Å². The molecule has 0 fully saturated rings. The summed E-state index contributed by atoms with van der Waals surface area (Å²) in [6, 6.07) is 9.86. The number of alkyl halides is 2. The van der Waals surface area contributed by atoms with Crippen LogP contribution in [0.15, 0.2) is 41.8 Å². The summed E-state index contributed by atoms with van der Waals surface area (Å²) in [5.74, 6) is -0.533. The third-order valence-electron chi connectivity index (χ3n) is 2.58. The fourth-order valence-corrected chi connectivity index (χ4v) is 2.41. The maximum atomic E-state index is 12.2. The van der Waals surface area contributed by atoms with Crippen LogP contribution in [0.2, 0.25) is 0 Å². The van der Waals surface area contributed by atoms with E-state index in [9.17, 15) is 13.6 Å². The molecule has 1 heterocycles. The molecule has 0 aliphatic carbocycles. The Balaban J connectivity index is 1.94. The zero-order chi connectivity index (χ0) is 14.4.